The maximum Gasteiger partial charge on any atom is 0.275 e. The van der Waals surface area contributed by atoms with Crippen molar-refractivity contribution < 1.29 is 4.92 Å². The molecule has 2 rings (SSSR count). The van der Waals surface area contributed by atoms with Crippen molar-refractivity contribution in [3.05, 3.63) is 33.4 Å². The Labute approximate surface area is 161 Å². The van der Waals surface area contributed by atoms with E-state index in [0.717, 1.165) is 29.4 Å². The van der Waals surface area contributed by atoms with Gasteiger partial charge >= 0.3 is 0 Å². The first-order valence-electron chi connectivity index (χ1n) is 9.50. The Morgan fingerprint density at radius 3 is 2.42 bits per heavy atom. The van der Waals surface area contributed by atoms with E-state index in [1.54, 1.807) is 13.8 Å². The van der Waals surface area contributed by atoms with Gasteiger partial charge in [-0.1, -0.05) is 39.0 Å². The van der Waals surface area contributed by atoms with Crippen molar-refractivity contribution in [2.45, 2.75) is 72.9 Å². The average Bonchev–Trinajstić information content (AvgIpc) is 2.87. The molecule has 1 saturated heterocycles. The van der Waals surface area contributed by atoms with Gasteiger partial charge in [0.1, 0.15) is 0 Å². The number of aliphatic imine (C=N–C) groups is 1. The summed E-state index contributed by atoms with van der Waals surface area (Å²) in [4.78, 5) is 18.3. The largest absolute Gasteiger partial charge is 0.345 e. The summed E-state index contributed by atoms with van der Waals surface area (Å²) in [7, 11) is 0. The van der Waals surface area contributed by atoms with Crippen LogP contribution in [0.1, 0.15) is 58.1 Å². The van der Waals surface area contributed by atoms with Crippen molar-refractivity contribution >= 4 is 28.3 Å². The van der Waals surface area contributed by atoms with Crippen molar-refractivity contribution in [1.82, 2.24) is 4.90 Å². The molecule has 1 aromatic carbocycles. The van der Waals surface area contributed by atoms with E-state index in [1.807, 2.05) is 23.9 Å². The SMILES string of the molecule is CCCC(C)N1C(=Nc2cc(C)c([N+](=O)[O-])c(C)c2)SC[C@@H]1CC(C)C. The molecule has 1 aliphatic heterocycles. The fourth-order valence-corrected chi connectivity index (χ4v) is 5.08. The van der Waals surface area contributed by atoms with Crippen molar-refractivity contribution in [2.75, 3.05) is 5.75 Å². The number of nitrogens with zero attached hydrogens (tertiary/aromatic N) is 3. The number of benzene rings is 1. The van der Waals surface area contributed by atoms with Crippen LogP contribution in [0.3, 0.4) is 0 Å². The van der Waals surface area contributed by atoms with Crippen molar-refractivity contribution in [3.8, 4) is 0 Å². The summed E-state index contributed by atoms with van der Waals surface area (Å²) in [5.41, 5.74) is 2.35. The van der Waals surface area contributed by atoms with Gasteiger partial charge in [0.25, 0.3) is 5.69 Å². The van der Waals surface area contributed by atoms with E-state index in [9.17, 15) is 10.1 Å². The highest BCUT2D eigenvalue weighted by Crippen LogP contribution is 2.35. The van der Waals surface area contributed by atoms with E-state index in [1.165, 1.54) is 6.42 Å². The van der Waals surface area contributed by atoms with Gasteiger partial charge in [0, 0.05) is 29.0 Å². The Kier molecular flexibility index (Phi) is 7.09. The zero-order valence-corrected chi connectivity index (χ0v) is 17.6. The zero-order valence-electron chi connectivity index (χ0n) is 16.8. The standard InChI is InChI=1S/C20H31N3O2S/c1-7-8-16(6)22-18(9-13(2)3)12-26-20(22)21-17-10-14(4)19(23(24)25)15(5)11-17/h10-11,13,16,18H,7-9,12H2,1-6H3/t16?,18-/m0/s1. The summed E-state index contributed by atoms with van der Waals surface area (Å²) in [5.74, 6) is 1.72. The second-order valence-electron chi connectivity index (χ2n) is 7.72. The van der Waals surface area contributed by atoms with Crippen molar-refractivity contribution in [2.24, 2.45) is 10.9 Å². The lowest BCUT2D eigenvalue weighted by Crippen LogP contribution is -2.41. The molecule has 0 aliphatic carbocycles. The second-order valence-corrected chi connectivity index (χ2v) is 8.71. The van der Waals surface area contributed by atoms with Gasteiger partial charge < -0.3 is 4.90 Å². The summed E-state index contributed by atoms with van der Waals surface area (Å²) in [5, 5.41) is 12.3. The molecular formula is C20H31N3O2S. The molecule has 1 heterocycles. The number of aryl methyl sites for hydroxylation is 2. The molecule has 0 saturated carbocycles. The highest BCUT2D eigenvalue weighted by molar-refractivity contribution is 8.14. The molecule has 0 spiro atoms. The maximum absolute atomic E-state index is 11.2. The second kappa shape index (κ2) is 8.89. The number of nitro groups is 1. The van der Waals surface area contributed by atoms with Crippen LogP contribution in [0.5, 0.6) is 0 Å². The highest BCUT2D eigenvalue weighted by atomic mass is 32.2. The fourth-order valence-electron chi connectivity index (χ4n) is 3.80. The van der Waals surface area contributed by atoms with Gasteiger partial charge in [0.05, 0.1) is 10.6 Å². The van der Waals surface area contributed by atoms with Crippen LogP contribution in [0.25, 0.3) is 0 Å². The summed E-state index contributed by atoms with van der Waals surface area (Å²) in [6.45, 7) is 12.6. The number of rotatable bonds is 7. The van der Waals surface area contributed by atoms with Crippen LogP contribution in [0, 0.1) is 29.9 Å². The van der Waals surface area contributed by atoms with E-state index in [-0.39, 0.29) is 10.6 Å². The van der Waals surface area contributed by atoms with Gasteiger partial charge in [0.15, 0.2) is 5.17 Å². The first kappa shape index (κ1) is 20.7. The lowest BCUT2D eigenvalue weighted by atomic mass is 10.0. The molecule has 5 nitrogen and oxygen atoms in total. The molecule has 26 heavy (non-hydrogen) atoms. The van der Waals surface area contributed by atoms with Gasteiger partial charge in [-0.25, -0.2) is 4.99 Å². The van der Waals surface area contributed by atoms with Crippen LogP contribution >= 0.6 is 11.8 Å². The minimum Gasteiger partial charge on any atom is -0.345 e. The number of hydrogen-bond donors (Lipinski definition) is 0. The van der Waals surface area contributed by atoms with Crippen LogP contribution in [0.4, 0.5) is 11.4 Å². The highest BCUT2D eigenvalue weighted by Gasteiger charge is 2.33. The normalized spacial score (nSPS) is 20.2. The summed E-state index contributed by atoms with van der Waals surface area (Å²) in [6.07, 6.45) is 3.46. The predicted octanol–water partition coefficient (Wildman–Crippen LogP) is 5.85. The third kappa shape index (κ3) is 4.78. The quantitative estimate of drug-likeness (QED) is 0.442. The molecule has 0 radical (unpaired) electrons. The molecule has 1 aliphatic rings. The fraction of sp³-hybridized carbons (Fsp3) is 0.650. The Hall–Kier alpha value is -1.56. The molecule has 0 aromatic heterocycles. The van der Waals surface area contributed by atoms with Crippen molar-refractivity contribution in [1.29, 1.82) is 0 Å². The van der Waals surface area contributed by atoms with Gasteiger partial charge in [0.2, 0.25) is 0 Å². The lowest BCUT2D eigenvalue weighted by molar-refractivity contribution is -0.386. The molecule has 6 heteroatoms. The van der Waals surface area contributed by atoms with E-state index in [0.29, 0.717) is 29.1 Å². The first-order valence-corrected chi connectivity index (χ1v) is 10.5. The Balaban J connectivity index is 2.36. The van der Waals surface area contributed by atoms with E-state index < -0.39 is 0 Å². The molecule has 0 bridgehead atoms. The van der Waals surface area contributed by atoms with E-state index >= 15 is 0 Å². The molecule has 1 unspecified atom stereocenters. The Morgan fingerprint density at radius 1 is 1.31 bits per heavy atom. The third-order valence-corrected chi connectivity index (χ3v) is 5.94. The molecule has 0 amide bonds. The minimum atomic E-state index is -0.305. The lowest BCUT2D eigenvalue weighted by Gasteiger charge is -2.33. The Morgan fingerprint density at radius 2 is 1.92 bits per heavy atom. The van der Waals surface area contributed by atoms with Crippen LogP contribution in [-0.2, 0) is 0 Å². The third-order valence-electron chi connectivity index (χ3n) is 4.83. The summed E-state index contributed by atoms with van der Waals surface area (Å²) in [6, 6.07) is 4.63. The molecule has 0 N–H and O–H groups in total. The molecule has 2 atom stereocenters. The molecule has 144 valence electrons. The molecule has 1 fully saturated rings. The smallest absolute Gasteiger partial charge is 0.275 e. The monoisotopic (exact) mass is 377 g/mol. The number of nitro benzene ring substituents is 1. The topological polar surface area (TPSA) is 58.7 Å². The van der Waals surface area contributed by atoms with Crippen LogP contribution in [0.15, 0.2) is 17.1 Å². The van der Waals surface area contributed by atoms with Crippen LogP contribution in [0.2, 0.25) is 0 Å². The minimum absolute atomic E-state index is 0.196. The van der Waals surface area contributed by atoms with Gasteiger partial charge in [-0.3, -0.25) is 10.1 Å². The molecular weight excluding hydrogens is 346 g/mol. The van der Waals surface area contributed by atoms with Crippen molar-refractivity contribution in [3.63, 3.8) is 0 Å². The van der Waals surface area contributed by atoms with Gasteiger partial charge in [-0.15, -0.1) is 0 Å². The zero-order chi connectivity index (χ0) is 19.4. The van der Waals surface area contributed by atoms with Crippen LogP contribution < -0.4 is 0 Å². The first-order chi connectivity index (χ1) is 12.2. The maximum atomic E-state index is 11.2. The van der Waals surface area contributed by atoms with E-state index in [4.69, 9.17) is 4.99 Å². The Bertz CT molecular complexity index is 665. The van der Waals surface area contributed by atoms with Gasteiger partial charge in [-0.2, -0.15) is 0 Å². The summed E-state index contributed by atoms with van der Waals surface area (Å²) < 4.78 is 0. The number of amidine groups is 1. The van der Waals surface area contributed by atoms with E-state index in [2.05, 4.69) is 32.6 Å². The van der Waals surface area contributed by atoms with Gasteiger partial charge in [-0.05, 0) is 51.7 Å². The average molecular weight is 378 g/mol. The van der Waals surface area contributed by atoms with Crippen LogP contribution in [-0.4, -0.2) is 32.8 Å². The molecule has 1 aromatic rings. The predicted molar refractivity (Wildman–Crippen MR) is 112 cm³/mol. The number of hydrogen-bond acceptors (Lipinski definition) is 4. The summed E-state index contributed by atoms with van der Waals surface area (Å²) >= 11 is 1.81. The number of thioether (sulfide) groups is 1.